The number of hydrogen-bond donors (Lipinski definition) is 0. The summed E-state index contributed by atoms with van der Waals surface area (Å²) in [6.07, 6.45) is 2.23. The highest BCUT2D eigenvalue weighted by Crippen LogP contribution is 2.20. The smallest absolute Gasteiger partial charge is 0.169 e. The Balaban J connectivity index is 2.26. The second-order valence-corrected chi connectivity index (χ2v) is 5.32. The van der Waals surface area contributed by atoms with Crippen LogP contribution in [0.4, 0.5) is 0 Å². The van der Waals surface area contributed by atoms with Gasteiger partial charge in [0.05, 0.1) is 7.11 Å². The van der Waals surface area contributed by atoms with Crippen LogP contribution in [0, 0.1) is 0 Å². The first-order valence-electron chi connectivity index (χ1n) is 7.20. The molecule has 2 aromatic carbocycles. The molecule has 0 fully saturated rings. The first kappa shape index (κ1) is 15.8. The van der Waals surface area contributed by atoms with Crippen LogP contribution in [-0.4, -0.2) is 31.9 Å². The average molecular weight is 295 g/mol. The molecular weight excluding hydrogens is 274 g/mol. The summed E-state index contributed by atoms with van der Waals surface area (Å²) in [4.78, 5) is 14.6. The molecule has 0 radical (unpaired) electrons. The quantitative estimate of drug-likeness (QED) is 0.765. The van der Waals surface area contributed by atoms with Crippen molar-refractivity contribution in [3.05, 3.63) is 71.9 Å². The van der Waals surface area contributed by atoms with E-state index in [9.17, 15) is 4.79 Å². The van der Waals surface area contributed by atoms with Crippen LogP contribution in [0.15, 0.2) is 60.8 Å². The lowest BCUT2D eigenvalue weighted by atomic mass is 9.97. The topological polar surface area (TPSA) is 29.5 Å². The highest BCUT2D eigenvalue weighted by Gasteiger charge is 2.13. The number of ketones is 1. The third kappa shape index (κ3) is 4.22. The van der Waals surface area contributed by atoms with Gasteiger partial charge in [0, 0.05) is 32.3 Å². The van der Waals surface area contributed by atoms with E-state index in [1.807, 2.05) is 79.8 Å². The molecule has 0 heterocycles. The molecule has 0 N–H and O–H groups in total. The molecule has 3 heteroatoms. The van der Waals surface area contributed by atoms with Gasteiger partial charge in [-0.25, -0.2) is 0 Å². The molecule has 0 saturated carbocycles. The number of benzene rings is 2. The van der Waals surface area contributed by atoms with Crippen LogP contribution in [0.3, 0.4) is 0 Å². The van der Waals surface area contributed by atoms with Crippen molar-refractivity contribution in [2.75, 3.05) is 21.2 Å². The van der Waals surface area contributed by atoms with Gasteiger partial charge < -0.3 is 9.64 Å². The standard InChI is InChI=1S/C19H21NO2/c1-20(2)14-18(16-9-5-4-6-10-16)19(21)13-15-8-7-11-17(12-15)22-3/h4-12,14H,13H2,1-3H3. The zero-order valence-corrected chi connectivity index (χ0v) is 13.2. The third-order valence-corrected chi connectivity index (χ3v) is 3.27. The van der Waals surface area contributed by atoms with Crippen LogP contribution in [0.25, 0.3) is 5.57 Å². The van der Waals surface area contributed by atoms with Gasteiger partial charge in [-0.1, -0.05) is 42.5 Å². The van der Waals surface area contributed by atoms with Gasteiger partial charge in [0.1, 0.15) is 5.75 Å². The highest BCUT2D eigenvalue weighted by molar-refractivity contribution is 6.21. The maximum Gasteiger partial charge on any atom is 0.169 e. The summed E-state index contributed by atoms with van der Waals surface area (Å²) in [6, 6.07) is 17.4. The Kier molecular flexibility index (Phi) is 5.37. The molecule has 0 aliphatic heterocycles. The van der Waals surface area contributed by atoms with Gasteiger partial charge in [0.2, 0.25) is 0 Å². The van der Waals surface area contributed by atoms with Crippen LogP contribution in [0.5, 0.6) is 5.75 Å². The molecule has 0 spiro atoms. The molecule has 2 aromatic rings. The minimum absolute atomic E-state index is 0.0909. The summed E-state index contributed by atoms with van der Waals surface area (Å²) in [5.41, 5.74) is 2.60. The number of ether oxygens (including phenoxy) is 1. The van der Waals surface area contributed by atoms with Gasteiger partial charge in [0.15, 0.2) is 5.78 Å². The van der Waals surface area contributed by atoms with E-state index in [1.54, 1.807) is 7.11 Å². The molecular formula is C19H21NO2. The fraction of sp³-hybridized carbons (Fsp3) is 0.211. The van der Waals surface area contributed by atoms with Gasteiger partial charge in [-0.15, -0.1) is 0 Å². The Morgan fingerprint density at radius 2 is 1.82 bits per heavy atom. The van der Waals surface area contributed by atoms with Crippen molar-refractivity contribution >= 4 is 11.4 Å². The van der Waals surface area contributed by atoms with Crippen molar-refractivity contribution in [2.45, 2.75) is 6.42 Å². The largest absolute Gasteiger partial charge is 0.497 e. The monoisotopic (exact) mass is 295 g/mol. The Morgan fingerprint density at radius 1 is 1.09 bits per heavy atom. The Hall–Kier alpha value is -2.55. The van der Waals surface area contributed by atoms with Gasteiger partial charge in [-0.05, 0) is 23.3 Å². The predicted octanol–water partition coefficient (Wildman–Crippen LogP) is 3.41. The summed E-state index contributed by atoms with van der Waals surface area (Å²) in [5.74, 6) is 0.858. The maximum absolute atomic E-state index is 12.7. The maximum atomic E-state index is 12.7. The summed E-state index contributed by atoms with van der Waals surface area (Å²) in [7, 11) is 5.46. The molecule has 22 heavy (non-hydrogen) atoms. The second kappa shape index (κ2) is 7.46. The molecule has 0 aliphatic rings. The number of carbonyl (C=O) groups excluding carboxylic acids is 1. The van der Waals surface area contributed by atoms with Crippen LogP contribution in [0.1, 0.15) is 11.1 Å². The SMILES string of the molecule is COc1cccc(CC(=O)C(=CN(C)C)c2ccccc2)c1. The van der Waals surface area contributed by atoms with E-state index in [1.165, 1.54) is 0 Å². The molecule has 0 aliphatic carbocycles. The number of allylic oxidation sites excluding steroid dienone is 1. The van der Waals surface area contributed by atoms with E-state index in [-0.39, 0.29) is 5.78 Å². The van der Waals surface area contributed by atoms with E-state index in [0.29, 0.717) is 12.0 Å². The predicted molar refractivity (Wildman–Crippen MR) is 89.8 cm³/mol. The minimum atomic E-state index is 0.0909. The van der Waals surface area contributed by atoms with Crippen LogP contribution in [-0.2, 0) is 11.2 Å². The van der Waals surface area contributed by atoms with Gasteiger partial charge in [0.25, 0.3) is 0 Å². The lowest BCUT2D eigenvalue weighted by molar-refractivity contribution is -0.113. The van der Waals surface area contributed by atoms with Crippen molar-refractivity contribution in [3.8, 4) is 5.75 Å². The van der Waals surface area contributed by atoms with Crippen LogP contribution < -0.4 is 4.74 Å². The zero-order chi connectivity index (χ0) is 15.9. The van der Waals surface area contributed by atoms with E-state index in [2.05, 4.69) is 0 Å². The Labute approximate surface area is 131 Å². The van der Waals surface area contributed by atoms with Gasteiger partial charge in [-0.2, -0.15) is 0 Å². The number of Topliss-reactive ketones (excluding diaryl/α,β-unsaturated/α-hetero) is 1. The number of hydrogen-bond acceptors (Lipinski definition) is 3. The summed E-state index contributed by atoms with van der Waals surface area (Å²) >= 11 is 0. The van der Waals surface area contributed by atoms with Gasteiger partial charge >= 0.3 is 0 Å². The first-order chi connectivity index (χ1) is 10.6. The van der Waals surface area contributed by atoms with Crippen LogP contribution >= 0.6 is 0 Å². The van der Waals surface area contributed by atoms with Gasteiger partial charge in [-0.3, -0.25) is 4.79 Å². The van der Waals surface area contributed by atoms with E-state index in [4.69, 9.17) is 4.74 Å². The van der Waals surface area contributed by atoms with Crippen molar-refractivity contribution in [3.63, 3.8) is 0 Å². The summed E-state index contributed by atoms with van der Waals surface area (Å²) < 4.78 is 5.21. The number of nitrogens with zero attached hydrogens (tertiary/aromatic N) is 1. The highest BCUT2D eigenvalue weighted by atomic mass is 16.5. The molecule has 0 bridgehead atoms. The normalized spacial score (nSPS) is 11.1. The number of rotatable bonds is 6. The summed E-state index contributed by atoms with van der Waals surface area (Å²) in [6.45, 7) is 0. The number of carbonyl (C=O) groups is 1. The molecule has 0 amide bonds. The van der Waals surface area contributed by atoms with E-state index >= 15 is 0 Å². The Bertz CT molecular complexity index is 660. The first-order valence-corrected chi connectivity index (χ1v) is 7.20. The van der Waals surface area contributed by atoms with Crippen molar-refractivity contribution in [1.29, 1.82) is 0 Å². The van der Waals surface area contributed by atoms with Crippen LogP contribution in [0.2, 0.25) is 0 Å². The molecule has 0 atom stereocenters. The zero-order valence-electron chi connectivity index (χ0n) is 13.2. The number of methoxy groups -OCH3 is 1. The van der Waals surface area contributed by atoms with E-state index in [0.717, 1.165) is 16.9 Å². The van der Waals surface area contributed by atoms with Crippen molar-refractivity contribution < 1.29 is 9.53 Å². The lowest BCUT2D eigenvalue weighted by Crippen LogP contribution is -2.11. The third-order valence-electron chi connectivity index (χ3n) is 3.27. The fourth-order valence-electron chi connectivity index (χ4n) is 2.25. The average Bonchev–Trinajstić information content (AvgIpc) is 2.53. The lowest BCUT2D eigenvalue weighted by Gasteiger charge is -2.12. The molecule has 114 valence electrons. The van der Waals surface area contributed by atoms with Crippen molar-refractivity contribution in [2.24, 2.45) is 0 Å². The Morgan fingerprint density at radius 3 is 2.45 bits per heavy atom. The molecule has 3 nitrogen and oxygen atoms in total. The van der Waals surface area contributed by atoms with Crippen molar-refractivity contribution in [1.82, 2.24) is 4.90 Å². The molecule has 2 rings (SSSR count). The molecule has 0 unspecified atom stereocenters. The minimum Gasteiger partial charge on any atom is -0.497 e. The van der Waals surface area contributed by atoms with E-state index < -0.39 is 0 Å². The second-order valence-electron chi connectivity index (χ2n) is 5.32. The molecule has 0 aromatic heterocycles. The fourth-order valence-corrected chi connectivity index (χ4v) is 2.25. The summed E-state index contributed by atoms with van der Waals surface area (Å²) in [5, 5.41) is 0. The molecule has 0 saturated heterocycles.